The summed E-state index contributed by atoms with van der Waals surface area (Å²) in [4.78, 5) is 11.1. The van der Waals surface area contributed by atoms with E-state index in [4.69, 9.17) is 10.5 Å². The van der Waals surface area contributed by atoms with E-state index in [1.54, 1.807) is 6.07 Å². The maximum atomic E-state index is 11.1. The molecule has 1 aliphatic heterocycles. The molecule has 20 heavy (non-hydrogen) atoms. The van der Waals surface area contributed by atoms with Crippen molar-refractivity contribution >= 4 is 5.91 Å². The molecule has 1 amide bonds. The first kappa shape index (κ1) is 15.0. The van der Waals surface area contributed by atoms with Gasteiger partial charge in [0.05, 0.1) is 6.10 Å². The molecule has 1 aliphatic rings. The zero-order chi connectivity index (χ0) is 14.5. The fourth-order valence-electron chi connectivity index (χ4n) is 2.85. The number of carbonyl (C=O) groups is 1. The highest BCUT2D eigenvalue weighted by Gasteiger charge is 2.29. The smallest absolute Gasteiger partial charge is 0.248 e. The third-order valence-electron chi connectivity index (χ3n) is 3.87. The van der Waals surface area contributed by atoms with Crippen LogP contribution in [0.15, 0.2) is 24.3 Å². The first-order valence-electron chi connectivity index (χ1n) is 7.29. The molecule has 0 spiro atoms. The molecule has 2 atom stereocenters. The van der Waals surface area contributed by atoms with Gasteiger partial charge in [0.15, 0.2) is 0 Å². The van der Waals surface area contributed by atoms with E-state index < -0.39 is 0 Å². The summed E-state index contributed by atoms with van der Waals surface area (Å²) in [7, 11) is 0. The third kappa shape index (κ3) is 3.81. The molecule has 1 aromatic carbocycles. The Hall–Kier alpha value is -1.39. The minimum absolute atomic E-state index is 0.361. The first-order chi connectivity index (χ1) is 9.58. The van der Waals surface area contributed by atoms with Gasteiger partial charge in [0.2, 0.25) is 5.91 Å². The monoisotopic (exact) mass is 276 g/mol. The summed E-state index contributed by atoms with van der Waals surface area (Å²) in [6, 6.07) is 7.46. The lowest BCUT2D eigenvalue weighted by molar-refractivity contribution is 0.0539. The van der Waals surface area contributed by atoms with Gasteiger partial charge in [-0.2, -0.15) is 0 Å². The van der Waals surface area contributed by atoms with E-state index in [9.17, 15) is 4.79 Å². The fourth-order valence-corrected chi connectivity index (χ4v) is 2.85. The number of hydrogen-bond acceptors (Lipinski definition) is 3. The molecule has 0 bridgehead atoms. The Labute approximate surface area is 120 Å². The molecule has 4 heteroatoms. The van der Waals surface area contributed by atoms with E-state index >= 15 is 0 Å². The van der Waals surface area contributed by atoms with Crippen LogP contribution >= 0.6 is 0 Å². The quantitative estimate of drug-likeness (QED) is 0.834. The maximum absolute atomic E-state index is 11.1. The van der Waals surface area contributed by atoms with Crippen LogP contribution in [-0.2, 0) is 11.3 Å². The number of nitrogens with two attached hydrogens (primary N) is 1. The first-order valence-corrected chi connectivity index (χ1v) is 7.29. The van der Waals surface area contributed by atoms with Crippen molar-refractivity contribution < 1.29 is 9.53 Å². The van der Waals surface area contributed by atoms with E-state index in [2.05, 4.69) is 19.2 Å². The summed E-state index contributed by atoms with van der Waals surface area (Å²) in [6.45, 7) is 6.98. The van der Waals surface area contributed by atoms with Crippen molar-refractivity contribution in [2.24, 2.45) is 17.6 Å². The zero-order valence-electron chi connectivity index (χ0n) is 12.3. The molecule has 110 valence electrons. The Balaban J connectivity index is 1.84. The van der Waals surface area contributed by atoms with Crippen molar-refractivity contribution in [2.45, 2.75) is 32.9 Å². The van der Waals surface area contributed by atoms with Crippen molar-refractivity contribution in [1.29, 1.82) is 0 Å². The molecule has 3 N–H and O–H groups in total. The molecule has 1 aromatic rings. The molecule has 2 rings (SSSR count). The molecule has 0 aromatic heterocycles. The highest BCUT2D eigenvalue weighted by molar-refractivity contribution is 5.92. The summed E-state index contributed by atoms with van der Waals surface area (Å²) < 4.78 is 5.78. The van der Waals surface area contributed by atoms with Gasteiger partial charge in [-0.25, -0.2) is 0 Å². The van der Waals surface area contributed by atoms with Crippen molar-refractivity contribution in [1.82, 2.24) is 5.32 Å². The molecule has 0 aliphatic carbocycles. The van der Waals surface area contributed by atoms with E-state index in [0.717, 1.165) is 31.7 Å². The number of primary amides is 1. The van der Waals surface area contributed by atoms with Crippen molar-refractivity contribution in [2.75, 3.05) is 13.2 Å². The summed E-state index contributed by atoms with van der Waals surface area (Å²) >= 11 is 0. The van der Waals surface area contributed by atoms with Crippen LogP contribution in [0.3, 0.4) is 0 Å². The van der Waals surface area contributed by atoms with Crippen LogP contribution in [0.1, 0.15) is 36.2 Å². The number of amides is 1. The number of benzene rings is 1. The summed E-state index contributed by atoms with van der Waals surface area (Å²) in [5.41, 5.74) is 6.93. The summed E-state index contributed by atoms with van der Waals surface area (Å²) in [5.74, 6) is 0.757. The van der Waals surface area contributed by atoms with Gasteiger partial charge in [0.1, 0.15) is 0 Å². The lowest BCUT2D eigenvalue weighted by Gasteiger charge is -2.22. The predicted molar refractivity (Wildman–Crippen MR) is 79.4 cm³/mol. The van der Waals surface area contributed by atoms with E-state index in [1.165, 1.54) is 0 Å². The second-order valence-electron chi connectivity index (χ2n) is 5.82. The van der Waals surface area contributed by atoms with Gasteiger partial charge in [-0.3, -0.25) is 4.79 Å². The fraction of sp³-hybridized carbons (Fsp3) is 0.562. The normalized spacial score (nSPS) is 22.4. The molecular weight excluding hydrogens is 252 g/mol. The number of nitrogens with one attached hydrogen (secondary N) is 1. The van der Waals surface area contributed by atoms with E-state index in [-0.39, 0.29) is 5.91 Å². The van der Waals surface area contributed by atoms with E-state index in [0.29, 0.717) is 23.5 Å². The summed E-state index contributed by atoms with van der Waals surface area (Å²) in [6.07, 6.45) is 1.48. The van der Waals surface area contributed by atoms with Gasteiger partial charge in [-0.1, -0.05) is 26.0 Å². The maximum Gasteiger partial charge on any atom is 0.248 e. The number of carbonyl (C=O) groups excluding carboxylic acids is 1. The van der Waals surface area contributed by atoms with Gasteiger partial charge in [-0.15, -0.1) is 0 Å². The topological polar surface area (TPSA) is 64.3 Å². The molecule has 0 radical (unpaired) electrons. The lowest BCUT2D eigenvalue weighted by Crippen LogP contribution is -2.31. The Morgan fingerprint density at radius 1 is 1.50 bits per heavy atom. The molecule has 1 fully saturated rings. The van der Waals surface area contributed by atoms with Crippen LogP contribution in [0.4, 0.5) is 0 Å². The predicted octanol–water partition coefficient (Wildman–Crippen LogP) is 1.94. The van der Waals surface area contributed by atoms with Crippen LogP contribution in [0.25, 0.3) is 0 Å². The van der Waals surface area contributed by atoms with Crippen LogP contribution in [0.5, 0.6) is 0 Å². The Kier molecular flexibility index (Phi) is 5.15. The van der Waals surface area contributed by atoms with Crippen LogP contribution in [0, 0.1) is 11.8 Å². The Bertz CT molecular complexity index is 460. The second-order valence-corrected chi connectivity index (χ2v) is 5.82. The van der Waals surface area contributed by atoms with Gasteiger partial charge in [0.25, 0.3) is 0 Å². The molecule has 4 nitrogen and oxygen atoms in total. The average molecular weight is 276 g/mol. The highest BCUT2D eigenvalue weighted by atomic mass is 16.5. The minimum Gasteiger partial charge on any atom is -0.378 e. The lowest BCUT2D eigenvalue weighted by atomic mass is 9.93. The van der Waals surface area contributed by atoms with Crippen LogP contribution in [0.2, 0.25) is 0 Å². The molecule has 0 unspecified atom stereocenters. The van der Waals surface area contributed by atoms with E-state index in [1.807, 2.05) is 18.2 Å². The largest absolute Gasteiger partial charge is 0.378 e. The number of rotatable bonds is 6. The molecule has 1 saturated heterocycles. The standard InChI is InChI=1S/C16H24N2O2/c1-11(2)15-14(6-7-20-15)10-18-9-12-4-3-5-13(8-12)16(17)19/h3-5,8,11,14-15,18H,6-7,9-10H2,1-2H3,(H2,17,19)/t14-,15-/m1/s1. The van der Waals surface area contributed by atoms with Gasteiger partial charge in [-0.05, 0) is 36.0 Å². The average Bonchev–Trinajstić information content (AvgIpc) is 2.87. The van der Waals surface area contributed by atoms with Gasteiger partial charge < -0.3 is 15.8 Å². The Morgan fingerprint density at radius 3 is 3.00 bits per heavy atom. The minimum atomic E-state index is -0.379. The van der Waals surface area contributed by atoms with Crippen molar-refractivity contribution in [3.05, 3.63) is 35.4 Å². The zero-order valence-corrected chi connectivity index (χ0v) is 12.3. The number of ether oxygens (including phenoxy) is 1. The van der Waals surface area contributed by atoms with Gasteiger partial charge >= 0.3 is 0 Å². The summed E-state index contributed by atoms with van der Waals surface area (Å²) in [5, 5.41) is 3.46. The third-order valence-corrected chi connectivity index (χ3v) is 3.87. The van der Waals surface area contributed by atoms with Crippen LogP contribution in [-0.4, -0.2) is 25.2 Å². The van der Waals surface area contributed by atoms with Gasteiger partial charge in [0, 0.05) is 25.3 Å². The number of hydrogen-bond donors (Lipinski definition) is 2. The highest BCUT2D eigenvalue weighted by Crippen LogP contribution is 2.26. The molecular formula is C16H24N2O2. The van der Waals surface area contributed by atoms with Crippen molar-refractivity contribution in [3.63, 3.8) is 0 Å². The molecule has 0 saturated carbocycles. The van der Waals surface area contributed by atoms with Crippen LogP contribution < -0.4 is 11.1 Å². The molecule has 1 heterocycles. The Morgan fingerprint density at radius 2 is 2.30 bits per heavy atom. The van der Waals surface area contributed by atoms with Crippen molar-refractivity contribution in [3.8, 4) is 0 Å². The SMILES string of the molecule is CC(C)[C@H]1OCC[C@@H]1CNCc1cccc(C(N)=O)c1. The second kappa shape index (κ2) is 6.86.